The van der Waals surface area contributed by atoms with Crippen molar-refractivity contribution in [2.24, 2.45) is 0 Å². The molecule has 31 heavy (non-hydrogen) atoms. The van der Waals surface area contributed by atoms with Gasteiger partial charge in [0.2, 0.25) is 0 Å². The molecule has 1 heterocycles. The molecule has 3 aromatic rings. The highest BCUT2D eigenvalue weighted by Crippen LogP contribution is 2.39. The van der Waals surface area contributed by atoms with Crippen molar-refractivity contribution in [2.45, 2.75) is 103 Å². The molecule has 166 valence electrons. The number of hydrogen-bond acceptors (Lipinski definition) is 0. The van der Waals surface area contributed by atoms with E-state index in [4.69, 9.17) is 0 Å². The van der Waals surface area contributed by atoms with Crippen molar-refractivity contribution in [1.82, 2.24) is 4.98 Å². The third-order valence-electron chi connectivity index (χ3n) is 7.19. The van der Waals surface area contributed by atoms with Gasteiger partial charge in [0.15, 0.2) is 0 Å². The Morgan fingerprint density at radius 2 is 1.39 bits per heavy atom. The predicted octanol–water partition coefficient (Wildman–Crippen LogP) is 9.18. The van der Waals surface area contributed by atoms with Crippen molar-refractivity contribution in [3.63, 3.8) is 0 Å². The van der Waals surface area contributed by atoms with Crippen molar-refractivity contribution < 1.29 is 0 Å². The predicted molar refractivity (Wildman–Crippen MR) is 136 cm³/mol. The van der Waals surface area contributed by atoms with Gasteiger partial charge in [0.1, 0.15) is 0 Å². The molecule has 1 N–H and O–H groups in total. The summed E-state index contributed by atoms with van der Waals surface area (Å²) >= 11 is 0. The fourth-order valence-electron chi connectivity index (χ4n) is 5.36. The van der Waals surface area contributed by atoms with Crippen LogP contribution < -0.4 is 0 Å². The van der Waals surface area contributed by atoms with Crippen LogP contribution in [0, 0.1) is 0 Å². The summed E-state index contributed by atoms with van der Waals surface area (Å²) in [6, 6.07) is 16.1. The Hall–Kier alpha value is -2.02. The molecule has 0 aliphatic heterocycles. The number of hydrogen-bond donors (Lipinski definition) is 1. The highest BCUT2D eigenvalue weighted by atomic mass is 14.7. The summed E-state index contributed by atoms with van der Waals surface area (Å²) in [6.07, 6.45) is 20.5. The Labute approximate surface area is 189 Å². The molecule has 1 aromatic heterocycles. The van der Waals surface area contributed by atoms with Crippen LogP contribution in [0.4, 0.5) is 0 Å². The van der Waals surface area contributed by atoms with Crippen molar-refractivity contribution in [3.8, 4) is 11.1 Å². The first-order valence-electron chi connectivity index (χ1n) is 13.1. The number of aromatic nitrogens is 1. The third-order valence-corrected chi connectivity index (χ3v) is 7.19. The van der Waals surface area contributed by atoms with Gasteiger partial charge in [-0.2, -0.15) is 0 Å². The first kappa shape index (κ1) is 22.2. The summed E-state index contributed by atoms with van der Waals surface area (Å²) in [5, 5.41) is 1.43. The number of nitrogens with one attached hydrogen (secondary N) is 1. The van der Waals surface area contributed by atoms with Gasteiger partial charge in [-0.1, -0.05) is 108 Å². The molecule has 0 unspecified atom stereocenters. The summed E-state index contributed by atoms with van der Waals surface area (Å²) in [7, 11) is 0. The van der Waals surface area contributed by atoms with Crippen LogP contribution in [0.3, 0.4) is 0 Å². The van der Waals surface area contributed by atoms with Gasteiger partial charge in [0, 0.05) is 22.2 Å². The van der Waals surface area contributed by atoms with Crippen molar-refractivity contribution in [3.05, 3.63) is 59.3 Å². The maximum absolute atomic E-state index is 3.70. The van der Waals surface area contributed by atoms with E-state index in [0.717, 1.165) is 12.8 Å². The van der Waals surface area contributed by atoms with E-state index in [1.54, 1.807) is 0 Å². The monoisotopic (exact) mass is 415 g/mol. The zero-order chi connectivity index (χ0) is 21.3. The average molecular weight is 416 g/mol. The molecule has 0 amide bonds. The molecule has 0 atom stereocenters. The summed E-state index contributed by atoms with van der Waals surface area (Å²) in [5.41, 5.74) is 8.65. The SMILES string of the molecule is CCCCCCCCCCCCCCc1ccc2[nH]c3c(c2c1)-c1ccccc1CC3. The second kappa shape index (κ2) is 11.6. The van der Waals surface area contributed by atoms with Crippen LogP contribution >= 0.6 is 0 Å². The van der Waals surface area contributed by atoms with Crippen molar-refractivity contribution in [1.29, 1.82) is 0 Å². The molecule has 0 radical (unpaired) electrons. The fourth-order valence-corrected chi connectivity index (χ4v) is 5.36. The summed E-state index contributed by atoms with van der Waals surface area (Å²) < 4.78 is 0. The Kier molecular flexibility index (Phi) is 8.27. The number of unbranched alkanes of at least 4 members (excludes halogenated alkanes) is 11. The normalized spacial score (nSPS) is 12.8. The zero-order valence-corrected chi connectivity index (χ0v) is 19.6. The molecular formula is C30H41N. The van der Waals surface area contributed by atoms with Crippen LogP contribution in [0.25, 0.3) is 22.0 Å². The summed E-state index contributed by atoms with van der Waals surface area (Å²) in [6.45, 7) is 2.30. The van der Waals surface area contributed by atoms with Crippen LogP contribution in [-0.4, -0.2) is 4.98 Å². The van der Waals surface area contributed by atoms with Gasteiger partial charge in [0.25, 0.3) is 0 Å². The maximum atomic E-state index is 3.70. The molecule has 0 saturated carbocycles. The number of aryl methyl sites for hydroxylation is 3. The minimum Gasteiger partial charge on any atom is -0.358 e. The Morgan fingerprint density at radius 3 is 2.13 bits per heavy atom. The number of fused-ring (bicyclic) bond motifs is 5. The number of H-pyrrole nitrogens is 1. The van der Waals surface area contributed by atoms with Gasteiger partial charge in [-0.05, 0) is 54.5 Å². The molecule has 0 spiro atoms. The lowest BCUT2D eigenvalue weighted by atomic mass is 9.88. The number of benzene rings is 2. The van der Waals surface area contributed by atoms with Crippen molar-refractivity contribution in [2.75, 3.05) is 0 Å². The van der Waals surface area contributed by atoms with Gasteiger partial charge in [-0.15, -0.1) is 0 Å². The van der Waals surface area contributed by atoms with E-state index >= 15 is 0 Å². The standard InChI is InChI=1S/C30H41N/c1-2-3-4-5-6-7-8-9-10-11-12-13-16-24-19-21-28-27(23-24)30-26-18-15-14-17-25(26)20-22-29(30)31-28/h14-15,17-19,21,23,31H,2-13,16,20,22H2,1H3. The van der Waals surface area contributed by atoms with E-state index in [-0.39, 0.29) is 0 Å². The Bertz CT molecular complexity index is 948. The molecule has 2 aromatic carbocycles. The van der Waals surface area contributed by atoms with Gasteiger partial charge in [-0.3, -0.25) is 0 Å². The second-order valence-electron chi connectivity index (χ2n) is 9.65. The van der Waals surface area contributed by atoms with Crippen LogP contribution in [0.15, 0.2) is 42.5 Å². The number of rotatable bonds is 13. The Balaban J connectivity index is 1.21. The first-order valence-corrected chi connectivity index (χ1v) is 13.1. The van der Waals surface area contributed by atoms with Crippen LogP contribution in [0.2, 0.25) is 0 Å². The van der Waals surface area contributed by atoms with Crippen LogP contribution in [0.1, 0.15) is 101 Å². The van der Waals surface area contributed by atoms with E-state index in [2.05, 4.69) is 54.4 Å². The van der Waals surface area contributed by atoms with Gasteiger partial charge >= 0.3 is 0 Å². The van der Waals surface area contributed by atoms with Gasteiger partial charge in [-0.25, -0.2) is 0 Å². The molecule has 1 nitrogen and oxygen atoms in total. The highest BCUT2D eigenvalue weighted by molar-refractivity contribution is 5.99. The Morgan fingerprint density at radius 1 is 0.710 bits per heavy atom. The van der Waals surface area contributed by atoms with Crippen LogP contribution in [0.5, 0.6) is 0 Å². The van der Waals surface area contributed by atoms with E-state index in [1.165, 1.54) is 122 Å². The minimum absolute atomic E-state index is 1.13. The van der Waals surface area contributed by atoms with Gasteiger partial charge < -0.3 is 4.98 Å². The van der Waals surface area contributed by atoms with E-state index in [0.29, 0.717) is 0 Å². The molecule has 1 aliphatic rings. The van der Waals surface area contributed by atoms with Gasteiger partial charge in [0.05, 0.1) is 0 Å². The quantitative estimate of drug-likeness (QED) is 0.268. The summed E-state index contributed by atoms with van der Waals surface area (Å²) in [4.78, 5) is 3.70. The average Bonchev–Trinajstić information content (AvgIpc) is 3.18. The zero-order valence-electron chi connectivity index (χ0n) is 19.6. The van der Waals surface area contributed by atoms with E-state index in [1.807, 2.05) is 0 Å². The minimum atomic E-state index is 1.13. The lowest BCUT2D eigenvalue weighted by Gasteiger charge is -2.16. The van der Waals surface area contributed by atoms with Crippen molar-refractivity contribution >= 4 is 10.9 Å². The third kappa shape index (κ3) is 5.82. The molecule has 1 heteroatoms. The maximum Gasteiger partial charge on any atom is 0.0462 e. The molecular weight excluding hydrogens is 374 g/mol. The smallest absolute Gasteiger partial charge is 0.0462 e. The fraction of sp³-hybridized carbons (Fsp3) is 0.533. The molecule has 0 saturated heterocycles. The van der Waals surface area contributed by atoms with Crippen LogP contribution in [-0.2, 0) is 19.3 Å². The van der Waals surface area contributed by atoms with E-state index < -0.39 is 0 Å². The molecule has 1 aliphatic carbocycles. The molecule has 4 rings (SSSR count). The lowest BCUT2D eigenvalue weighted by molar-refractivity contribution is 0.544. The lowest BCUT2D eigenvalue weighted by Crippen LogP contribution is -2.02. The second-order valence-corrected chi connectivity index (χ2v) is 9.65. The number of aromatic amines is 1. The topological polar surface area (TPSA) is 15.8 Å². The molecule has 0 bridgehead atoms. The highest BCUT2D eigenvalue weighted by Gasteiger charge is 2.20. The first-order chi connectivity index (χ1) is 15.4. The van der Waals surface area contributed by atoms with E-state index in [9.17, 15) is 0 Å². The molecule has 0 fully saturated rings. The largest absolute Gasteiger partial charge is 0.358 e. The summed E-state index contributed by atoms with van der Waals surface area (Å²) in [5.74, 6) is 0.